The zero-order valence-corrected chi connectivity index (χ0v) is 31.2. The lowest BCUT2D eigenvalue weighted by Gasteiger charge is -2.41. The molecule has 6 aromatic rings. The number of fused-ring (bicyclic) bond motifs is 2. The molecular weight excluding hydrogens is 622 g/mol. The van der Waals surface area contributed by atoms with E-state index in [2.05, 4.69) is 198 Å². The topological polar surface area (TPSA) is 19.1 Å². The Morgan fingerprint density at radius 3 is 1.19 bits per heavy atom. The van der Waals surface area contributed by atoms with Gasteiger partial charge in [-0.1, -0.05) is 128 Å². The van der Waals surface area contributed by atoms with E-state index in [4.69, 9.17) is 4.74 Å². The first-order valence-electron chi connectivity index (χ1n) is 16.9. The number of rotatable bonds is 6. The Balaban J connectivity index is 1.56. The SMILES string of the molecule is CC(C)(C)c1cc(P(c2ccccc2)n2cccc2)c2c(c1)C(C)(C)c1cc(C(C)(C)C)cc(P(c3ccccc3)n3cccc3)c1O2. The Hall–Kier alpha value is -3.90. The molecule has 3 nitrogen and oxygen atoms in total. The fraction of sp³-hybridized carbons (Fsp3) is 0.256. The fourth-order valence-electron chi connectivity index (χ4n) is 6.65. The summed E-state index contributed by atoms with van der Waals surface area (Å²) < 4.78 is 12.3. The lowest BCUT2D eigenvalue weighted by molar-refractivity contribution is 0.421. The van der Waals surface area contributed by atoms with E-state index in [0.29, 0.717) is 0 Å². The predicted molar refractivity (Wildman–Crippen MR) is 207 cm³/mol. The van der Waals surface area contributed by atoms with Crippen molar-refractivity contribution in [1.29, 1.82) is 0 Å². The normalized spacial score (nSPS) is 15.2. The second kappa shape index (κ2) is 12.2. The van der Waals surface area contributed by atoms with Gasteiger partial charge in [0.05, 0.1) is 16.1 Å². The summed E-state index contributed by atoms with van der Waals surface area (Å²) in [6.07, 6.45) is 8.83. The summed E-state index contributed by atoms with van der Waals surface area (Å²) in [7, 11) is -1.91. The zero-order chi connectivity index (χ0) is 33.8. The van der Waals surface area contributed by atoms with Crippen LogP contribution < -0.4 is 26.0 Å². The first kappa shape index (κ1) is 32.6. The Morgan fingerprint density at radius 2 is 0.854 bits per heavy atom. The molecule has 0 fully saturated rings. The molecule has 2 atom stereocenters. The Bertz CT molecular complexity index is 1890. The molecule has 0 radical (unpaired) electrons. The van der Waals surface area contributed by atoms with E-state index in [9.17, 15) is 0 Å². The van der Waals surface area contributed by atoms with Crippen LogP contribution in [0.1, 0.15) is 77.6 Å². The lowest BCUT2D eigenvalue weighted by Crippen LogP contribution is -2.34. The van der Waals surface area contributed by atoms with Crippen LogP contribution in [0.4, 0.5) is 0 Å². The van der Waals surface area contributed by atoms with Crippen molar-refractivity contribution in [3.8, 4) is 11.5 Å². The van der Waals surface area contributed by atoms with Crippen LogP contribution in [0.25, 0.3) is 0 Å². The Kier molecular flexibility index (Phi) is 8.30. The molecule has 48 heavy (non-hydrogen) atoms. The van der Waals surface area contributed by atoms with Crippen LogP contribution in [0, 0.1) is 0 Å². The Morgan fingerprint density at radius 1 is 0.500 bits per heavy atom. The minimum Gasteiger partial charge on any atom is -0.455 e. The third-order valence-electron chi connectivity index (χ3n) is 9.52. The molecule has 0 spiro atoms. The summed E-state index contributed by atoms with van der Waals surface area (Å²) in [5.74, 6) is 2.01. The predicted octanol–water partition coefficient (Wildman–Crippen LogP) is 10.1. The van der Waals surface area contributed by atoms with E-state index in [-0.39, 0.29) is 16.2 Å². The average Bonchev–Trinajstić information content (AvgIpc) is 3.78. The van der Waals surface area contributed by atoms with Crippen LogP contribution in [0.15, 0.2) is 134 Å². The highest BCUT2D eigenvalue weighted by Gasteiger charge is 2.42. The molecule has 1 aliphatic heterocycles. The van der Waals surface area contributed by atoms with Crippen molar-refractivity contribution in [2.75, 3.05) is 0 Å². The van der Waals surface area contributed by atoms with Gasteiger partial charge in [0.1, 0.15) is 11.5 Å². The van der Waals surface area contributed by atoms with Crippen LogP contribution in [0.2, 0.25) is 0 Å². The maximum absolute atomic E-state index is 7.52. The van der Waals surface area contributed by atoms with Crippen molar-refractivity contribution in [2.24, 2.45) is 0 Å². The summed E-state index contributed by atoms with van der Waals surface area (Å²) in [5.41, 5.74) is 4.80. The van der Waals surface area contributed by atoms with Crippen LogP contribution in [0.3, 0.4) is 0 Å². The summed E-state index contributed by atoms with van der Waals surface area (Å²) in [4.78, 5) is 0. The monoisotopic (exact) mass is 668 g/mol. The molecule has 0 saturated heterocycles. The molecule has 0 N–H and O–H groups in total. The van der Waals surface area contributed by atoms with Crippen molar-refractivity contribution in [1.82, 2.24) is 8.68 Å². The molecular formula is C43H46N2OP2. The molecule has 244 valence electrons. The molecule has 2 unspecified atom stereocenters. The number of benzene rings is 4. The molecule has 0 aliphatic carbocycles. The van der Waals surface area contributed by atoms with E-state index in [0.717, 1.165) is 11.5 Å². The number of hydrogen-bond acceptors (Lipinski definition) is 1. The van der Waals surface area contributed by atoms with Crippen LogP contribution in [0.5, 0.6) is 11.5 Å². The number of ether oxygens (including phenoxy) is 1. The van der Waals surface area contributed by atoms with Gasteiger partial charge in [-0.05, 0) is 58.4 Å². The highest BCUT2D eigenvalue weighted by Crippen LogP contribution is 2.54. The second-order valence-electron chi connectivity index (χ2n) is 15.4. The smallest absolute Gasteiger partial charge is 0.141 e. The van der Waals surface area contributed by atoms with E-state index in [1.807, 2.05) is 0 Å². The largest absolute Gasteiger partial charge is 0.455 e. The maximum atomic E-state index is 7.52. The molecule has 0 bridgehead atoms. The summed E-state index contributed by atoms with van der Waals surface area (Å²) >= 11 is 0. The van der Waals surface area contributed by atoms with Gasteiger partial charge in [0.25, 0.3) is 0 Å². The first-order valence-corrected chi connectivity index (χ1v) is 19.5. The summed E-state index contributed by atoms with van der Waals surface area (Å²) in [5, 5.41) is 5.10. The molecule has 2 aromatic heterocycles. The van der Waals surface area contributed by atoms with Gasteiger partial charge in [0.15, 0.2) is 0 Å². The van der Waals surface area contributed by atoms with Gasteiger partial charge in [-0.3, -0.25) is 0 Å². The van der Waals surface area contributed by atoms with Gasteiger partial charge in [0.2, 0.25) is 0 Å². The number of hydrogen-bond donors (Lipinski definition) is 0. The molecule has 5 heteroatoms. The number of aromatic nitrogens is 2. The average molecular weight is 669 g/mol. The molecule has 1 aliphatic rings. The first-order chi connectivity index (χ1) is 22.8. The zero-order valence-electron chi connectivity index (χ0n) is 29.4. The Labute approximate surface area is 289 Å². The van der Waals surface area contributed by atoms with Crippen molar-refractivity contribution in [3.05, 3.63) is 156 Å². The molecule has 4 aromatic carbocycles. The minimum absolute atomic E-state index is 0.0387. The lowest BCUT2D eigenvalue weighted by atomic mass is 9.72. The molecule has 0 saturated carbocycles. The van der Waals surface area contributed by atoms with Gasteiger partial charge in [-0.25, -0.2) is 0 Å². The van der Waals surface area contributed by atoms with Crippen molar-refractivity contribution < 1.29 is 4.74 Å². The standard InChI is InChI=1S/C43H46N2OP2/c1-41(2,3)31-27-35-39(37(29-31)47(44-23-15-16-24-44)33-19-11-9-12-20-33)46-40-36(43(35,7)8)28-32(42(4,5)6)30-38(40)48(45-25-17-18-26-45)34-21-13-10-14-22-34/h9-30H,1-8H3. The quantitative estimate of drug-likeness (QED) is 0.162. The molecule has 7 rings (SSSR count). The van der Waals surface area contributed by atoms with Gasteiger partial charge in [-0.15, -0.1) is 0 Å². The van der Waals surface area contributed by atoms with Crippen LogP contribution in [-0.2, 0) is 16.2 Å². The van der Waals surface area contributed by atoms with Gasteiger partial charge < -0.3 is 13.4 Å². The fourth-order valence-corrected chi connectivity index (χ4v) is 11.2. The molecule has 3 heterocycles. The van der Waals surface area contributed by atoms with Crippen molar-refractivity contribution >= 4 is 37.4 Å². The third-order valence-corrected chi connectivity index (χ3v) is 14.1. The van der Waals surface area contributed by atoms with E-state index in [1.54, 1.807) is 0 Å². The van der Waals surface area contributed by atoms with Gasteiger partial charge in [-0.2, -0.15) is 0 Å². The molecule has 0 amide bonds. The van der Waals surface area contributed by atoms with E-state index >= 15 is 0 Å². The second-order valence-corrected chi connectivity index (χ2v) is 19.6. The van der Waals surface area contributed by atoms with E-state index in [1.165, 1.54) is 43.5 Å². The van der Waals surface area contributed by atoms with Crippen molar-refractivity contribution in [3.63, 3.8) is 0 Å². The van der Waals surface area contributed by atoms with E-state index < -0.39 is 16.1 Å². The van der Waals surface area contributed by atoms with Gasteiger partial charge in [0, 0.05) is 62.5 Å². The summed E-state index contributed by atoms with van der Waals surface area (Å²) in [6.45, 7) is 18.7. The number of nitrogens with zero attached hydrogens (tertiary/aromatic N) is 2. The van der Waals surface area contributed by atoms with Gasteiger partial charge >= 0.3 is 0 Å². The van der Waals surface area contributed by atoms with Crippen molar-refractivity contribution in [2.45, 2.75) is 71.6 Å². The maximum Gasteiger partial charge on any atom is 0.141 e. The van der Waals surface area contributed by atoms with Crippen LogP contribution >= 0.6 is 16.1 Å². The third kappa shape index (κ3) is 5.87. The summed E-state index contributed by atoms with van der Waals surface area (Å²) in [6, 6.07) is 40.2. The highest BCUT2D eigenvalue weighted by molar-refractivity contribution is 7.72. The van der Waals surface area contributed by atoms with Crippen LogP contribution in [-0.4, -0.2) is 8.68 Å². The highest BCUT2D eigenvalue weighted by atomic mass is 31.1. The minimum atomic E-state index is -0.956.